The molecule has 4 rings (SSSR count). The molecule has 1 atom stereocenters. The van der Waals surface area contributed by atoms with Gasteiger partial charge in [0.2, 0.25) is 0 Å². The number of carbonyl (C=O) groups is 1. The summed E-state index contributed by atoms with van der Waals surface area (Å²) in [5, 5.41) is 3.13. The maximum atomic E-state index is 12.0. The first-order chi connectivity index (χ1) is 8.31. The summed E-state index contributed by atoms with van der Waals surface area (Å²) in [6.07, 6.45) is 9.31. The van der Waals surface area contributed by atoms with Crippen molar-refractivity contribution in [1.82, 2.24) is 5.32 Å². The van der Waals surface area contributed by atoms with Crippen molar-refractivity contribution in [2.75, 3.05) is 0 Å². The molecule has 1 amide bonds. The lowest BCUT2D eigenvalue weighted by molar-refractivity contribution is -0.116. The molecule has 2 heteroatoms. The fourth-order valence-electron chi connectivity index (χ4n) is 3.06. The molecule has 1 heterocycles. The number of fused-ring (bicyclic) bond motifs is 1. The third-order valence-corrected chi connectivity index (χ3v) is 3.78. The van der Waals surface area contributed by atoms with Gasteiger partial charge in [0, 0.05) is 5.57 Å². The van der Waals surface area contributed by atoms with Gasteiger partial charge in [-0.1, -0.05) is 42.5 Å². The normalized spacial score (nSPS) is 27.9. The summed E-state index contributed by atoms with van der Waals surface area (Å²) in [7, 11) is 0. The van der Waals surface area contributed by atoms with Crippen molar-refractivity contribution in [2.24, 2.45) is 0 Å². The lowest BCUT2D eigenvalue weighted by atomic mass is 9.74. The summed E-state index contributed by atoms with van der Waals surface area (Å²) in [4.78, 5) is 12.0. The van der Waals surface area contributed by atoms with E-state index in [-0.39, 0.29) is 5.91 Å². The molecule has 2 nitrogen and oxygen atoms in total. The molecular weight excluding hydrogens is 210 g/mol. The number of carbonyl (C=O) groups excluding carboxylic acids is 1. The number of benzene rings is 1. The smallest absolute Gasteiger partial charge is 0.252 e. The van der Waals surface area contributed by atoms with Crippen LogP contribution in [0.1, 0.15) is 17.5 Å². The van der Waals surface area contributed by atoms with E-state index < -0.39 is 5.54 Å². The summed E-state index contributed by atoms with van der Waals surface area (Å²) in [5.74, 6) is 0.0407. The minimum Gasteiger partial charge on any atom is -0.335 e. The van der Waals surface area contributed by atoms with Crippen LogP contribution in [0, 0.1) is 0 Å². The Balaban J connectivity index is 2.13. The van der Waals surface area contributed by atoms with Crippen molar-refractivity contribution < 1.29 is 4.79 Å². The Hall–Kier alpha value is -2.09. The quantitative estimate of drug-likeness (QED) is 0.669. The van der Waals surface area contributed by atoms with E-state index in [0.29, 0.717) is 0 Å². The molecule has 1 aromatic carbocycles. The lowest BCUT2D eigenvalue weighted by Gasteiger charge is -2.33. The standard InChI is InChI=1S/C15H11NO/c17-14-11-9-10-5-1-2-6-12(10)15(16-14)8-4-3-7-13(11)15/h1-2,4-9H,3H2,(H,16,17). The second-order valence-electron chi connectivity index (χ2n) is 4.66. The van der Waals surface area contributed by atoms with E-state index in [1.165, 1.54) is 5.56 Å². The van der Waals surface area contributed by atoms with Crippen molar-refractivity contribution in [3.05, 3.63) is 64.8 Å². The predicted octanol–water partition coefficient (Wildman–Crippen LogP) is 2.29. The number of hydrogen-bond acceptors (Lipinski definition) is 1. The topological polar surface area (TPSA) is 29.1 Å². The Bertz CT molecular complexity index is 636. The highest BCUT2D eigenvalue weighted by atomic mass is 16.2. The fourth-order valence-corrected chi connectivity index (χ4v) is 3.06. The van der Waals surface area contributed by atoms with Gasteiger partial charge in [-0.15, -0.1) is 0 Å². The van der Waals surface area contributed by atoms with E-state index >= 15 is 0 Å². The molecule has 3 aliphatic rings. The zero-order chi connectivity index (χ0) is 11.5. The van der Waals surface area contributed by atoms with Crippen LogP contribution in [0.4, 0.5) is 0 Å². The molecule has 82 valence electrons. The van der Waals surface area contributed by atoms with Crippen LogP contribution in [0.3, 0.4) is 0 Å². The molecule has 1 N–H and O–H groups in total. The van der Waals surface area contributed by atoms with E-state index in [1.807, 2.05) is 18.2 Å². The van der Waals surface area contributed by atoms with E-state index in [0.717, 1.165) is 23.1 Å². The number of allylic oxidation sites excluding steroid dienone is 2. The van der Waals surface area contributed by atoms with Gasteiger partial charge >= 0.3 is 0 Å². The van der Waals surface area contributed by atoms with Crippen LogP contribution in [-0.2, 0) is 10.3 Å². The first-order valence-electron chi connectivity index (χ1n) is 5.84. The number of rotatable bonds is 0. The van der Waals surface area contributed by atoms with Crippen LogP contribution in [0.25, 0.3) is 6.08 Å². The van der Waals surface area contributed by atoms with Crippen molar-refractivity contribution in [1.29, 1.82) is 0 Å². The van der Waals surface area contributed by atoms with E-state index in [1.54, 1.807) is 0 Å². The van der Waals surface area contributed by atoms with Gasteiger partial charge in [-0.2, -0.15) is 0 Å². The zero-order valence-electron chi connectivity index (χ0n) is 9.23. The second kappa shape index (κ2) is 2.77. The first-order valence-corrected chi connectivity index (χ1v) is 5.84. The maximum absolute atomic E-state index is 12.0. The molecule has 1 fully saturated rings. The van der Waals surface area contributed by atoms with Crippen LogP contribution in [0.2, 0.25) is 0 Å². The van der Waals surface area contributed by atoms with Crippen LogP contribution >= 0.6 is 0 Å². The molecule has 1 unspecified atom stereocenters. The molecule has 1 aromatic rings. The summed E-state index contributed by atoms with van der Waals surface area (Å²) >= 11 is 0. The molecular formula is C15H11NO. The minimum absolute atomic E-state index is 0.0407. The number of hydrogen-bond donors (Lipinski definition) is 1. The van der Waals surface area contributed by atoms with Gasteiger partial charge in [0.15, 0.2) is 0 Å². The highest BCUT2D eigenvalue weighted by Gasteiger charge is 2.48. The van der Waals surface area contributed by atoms with Gasteiger partial charge < -0.3 is 5.32 Å². The van der Waals surface area contributed by atoms with E-state index in [9.17, 15) is 4.79 Å². The van der Waals surface area contributed by atoms with E-state index in [4.69, 9.17) is 0 Å². The summed E-state index contributed by atoms with van der Waals surface area (Å²) in [6, 6.07) is 8.20. The van der Waals surface area contributed by atoms with Gasteiger partial charge in [-0.3, -0.25) is 4.79 Å². The Morgan fingerprint density at radius 3 is 3.06 bits per heavy atom. The molecule has 1 aliphatic heterocycles. The Morgan fingerprint density at radius 2 is 2.12 bits per heavy atom. The summed E-state index contributed by atoms with van der Waals surface area (Å²) < 4.78 is 0. The Labute approximate surface area is 99.3 Å². The Morgan fingerprint density at radius 1 is 1.24 bits per heavy atom. The molecule has 0 aromatic heterocycles. The van der Waals surface area contributed by atoms with Crippen molar-refractivity contribution in [3.63, 3.8) is 0 Å². The van der Waals surface area contributed by atoms with Crippen LogP contribution in [0.15, 0.2) is 53.6 Å². The van der Waals surface area contributed by atoms with Crippen LogP contribution in [0.5, 0.6) is 0 Å². The summed E-state index contributed by atoms with van der Waals surface area (Å²) in [5.41, 5.74) is 3.88. The van der Waals surface area contributed by atoms with Crippen molar-refractivity contribution in [2.45, 2.75) is 12.0 Å². The lowest BCUT2D eigenvalue weighted by Crippen LogP contribution is -2.39. The first kappa shape index (κ1) is 8.99. The van der Waals surface area contributed by atoms with Gasteiger partial charge in [0.25, 0.3) is 5.91 Å². The largest absolute Gasteiger partial charge is 0.335 e. The number of nitrogens with one attached hydrogen (secondary N) is 1. The monoisotopic (exact) mass is 221 g/mol. The van der Waals surface area contributed by atoms with Crippen LogP contribution < -0.4 is 5.32 Å². The SMILES string of the molecule is O=C1NC23C=CCC=C2C1=Cc1ccccc13. The average molecular weight is 221 g/mol. The Kier molecular flexibility index (Phi) is 1.47. The second-order valence-corrected chi connectivity index (χ2v) is 4.66. The van der Waals surface area contributed by atoms with Crippen molar-refractivity contribution >= 4 is 12.0 Å². The number of amides is 1. The highest BCUT2D eigenvalue weighted by molar-refractivity contribution is 6.10. The zero-order valence-corrected chi connectivity index (χ0v) is 9.23. The third kappa shape index (κ3) is 0.936. The molecule has 1 saturated heterocycles. The molecule has 17 heavy (non-hydrogen) atoms. The van der Waals surface area contributed by atoms with Gasteiger partial charge in [-0.25, -0.2) is 0 Å². The highest BCUT2D eigenvalue weighted by Crippen LogP contribution is 2.48. The summed E-state index contributed by atoms with van der Waals surface area (Å²) in [6.45, 7) is 0. The van der Waals surface area contributed by atoms with Crippen molar-refractivity contribution in [3.8, 4) is 0 Å². The fraction of sp³-hybridized carbons (Fsp3) is 0.133. The van der Waals surface area contributed by atoms with Crippen LogP contribution in [-0.4, -0.2) is 5.91 Å². The van der Waals surface area contributed by atoms with E-state index in [2.05, 4.69) is 35.7 Å². The maximum Gasteiger partial charge on any atom is 0.252 e. The predicted molar refractivity (Wildman–Crippen MR) is 66.1 cm³/mol. The average Bonchev–Trinajstić information content (AvgIpc) is 2.58. The molecule has 0 radical (unpaired) electrons. The van der Waals surface area contributed by atoms with Gasteiger partial charge in [-0.05, 0) is 29.2 Å². The minimum atomic E-state index is -0.393. The third-order valence-electron chi connectivity index (χ3n) is 3.78. The van der Waals surface area contributed by atoms with Gasteiger partial charge in [0.05, 0.1) is 0 Å². The molecule has 0 saturated carbocycles. The van der Waals surface area contributed by atoms with Gasteiger partial charge in [0.1, 0.15) is 5.54 Å². The molecule has 2 aliphatic carbocycles. The molecule has 0 spiro atoms. The molecule has 2 bridgehead atoms.